The molecule has 3 N–H and O–H groups in total. The van der Waals surface area contributed by atoms with Gasteiger partial charge in [0.25, 0.3) is 0 Å². The third-order valence-corrected chi connectivity index (χ3v) is 5.24. The van der Waals surface area contributed by atoms with E-state index in [1.807, 2.05) is 46.4 Å². The van der Waals surface area contributed by atoms with Crippen molar-refractivity contribution in [3.05, 3.63) is 99.5 Å². The Kier molecular flexibility index (Phi) is 5.18. The zero-order valence-electron chi connectivity index (χ0n) is 16.3. The van der Waals surface area contributed by atoms with Crippen LogP contribution >= 0.6 is 0 Å². The number of aliphatic hydroxyl groups excluding tert-OH is 1. The molecule has 4 aromatic rings. The molecular formula is C23H24N4O2. The number of hydrogen-bond acceptors (Lipinski definition) is 3. The Hall–Kier alpha value is -3.38. The molecule has 6 nitrogen and oxygen atoms in total. The van der Waals surface area contributed by atoms with Crippen LogP contribution in [0.25, 0.3) is 11.0 Å². The summed E-state index contributed by atoms with van der Waals surface area (Å²) in [4.78, 5) is 14.5. The van der Waals surface area contributed by atoms with Crippen molar-refractivity contribution in [1.29, 1.82) is 5.41 Å². The summed E-state index contributed by atoms with van der Waals surface area (Å²) in [6, 6.07) is 20.8. The Morgan fingerprint density at radius 3 is 2.41 bits per heavy atom. The molecule has 0 aliphatic heterocycles. The summed E-state index contributed by atoms with van der Waals surface area (Å²) >= 11 is 0. The van der Waals surface area contributed by atoms with Crippen LogP contribution in [0.15, 0.2) is 71.5 Å². The monoisotopic (exact) mass is 388 g/mol. The van der Waals surface area contributed by atoms with Gasteiger partial charge in [0.05, 0.1) is 30.2 Å². The fourth-order valence-corrected chi connectivity index (χ4v) is 3.77. The van der Waals surface area contributed by atoms with Gasteiger partial charge < -0.3 is 19.2 Å². The molecule has 0 bridgehead atoms. The Bertz CT molecular complexity index is 1250. The van der Waals surface area contributed by atoms with Crippen molar-refractivity contribution in [1.82, 2.24) is 14.1 Å². The van der Waals surface area contributed by atoms with Crippen molar-refractivity contribution in [2.75, 3.05) is 6.61 Å². The molecule has 0 fully saturated rings. The maximum Gasteiger partial charge on any atom is 0.248 e. The quantitative estimate of drug-likeness (QED) is 0.474. The lowest BCUT2D eigenvalue weighted by atomic mass is 10.0. The first kappa shape index (κ1) is 19.0. The van der Waals surface area contributed by atoms with Gasteiger partial charge in [-0.3, -0.25) is 10.2 Å². The largest absolute Gasteiger partial charge is 0.394 e. The highest BCUT2D eigenvalue weighted by Crippen LogP contribution is 2.21. The number of rotatable bonds is 6. The molecule has 29 heavy (non-hydrogen) atoms. The predicted octanol–water partition coefficient (Wildman–Crippen LogP) is 2.74. The highest BCUT2D eigenvalue weighted by atomic mass is 16.3. The van der Waals surface area contributed by atoms with Gasteiger partial charge in [-0.1, -0.05) is 48.0 Å². The molecule has 1 atom stereocenters. The highest BCUT2D eigenvalue weighted by molar-refractivity contribution is 5.76. The minimum absolute atomic E-state index is 0.0688. The van der Waals surface area contributed by atoms with E-state index in [1.54, 1.807) is 6.07 Å². The van der Waals surface area contributed by atoms with Gasteiger partial charge in [0, 0.05) is 11.8 Å². The number of imidazole rings is 1. The van der Waals surface area contributed by atoms with Gasteiger partial charge in [0.2, 0.25) is 11.2 Å². The van der Waals surface area contributed by atoms with Crippen molar-refractivity contribution < 1.29 is 5.11 Å². The zero-order valence-corrected chi connectivity index (χ0v) is 16.3. The molecule has 148 valence electrons. The average Bonchev–Trinajstić information content (AvgIpc) is 2.99. The van der Waals surface area contributed by atoms with E-state index in [1.165, 1.54) is 11.6 Å². The minimum atomic E-state index is -0.258. The van der Waals surface area contributed by atoms with E-state index >= 15 is 0 Å². The average molecular weight is 388 g/mol. The molecule has 2 aromatic heterocycles. The first-order valence-corrected chi connectivity index (χ1v) is 9.66. The second-order valence-corrected chi connectivity index (χ2v) is 7.33. The second-order valence-electron chi connectivity index (χ2n) is 7.33. The number of nitrogens with one attached hydrogen (secondary N) is 2. The van der Waals surface area contributed by atoms with Crippen molar-refractivity contribution >= 4 is 11.0 Å². The van der Waals surface area contributed by atoms with Gasteiger partial charge in [-0.15, -0.1) is 0 Å². The summed E-state index contributed by atoms with van der Waals surface area (Å²) < 4.78 is 3.74. The summed E-state index contributed by atoms with van der Waals surface area (Å²) in [5.74, 6) is 0. The molecule has 4 rings (SSSR count). The smallest absolute Gasteiger partial charge is 0.248 e. The van der Waals surface area contributed by atoms with Gasteiger partial charge >= 0.3 is 0 Å². The summed E-state index contributed by atoms with van der Waals surface area (Å²) in [6.45, 7) is 2.36. The molecule has 0 saturated carbocycles. The number of benzene rings is 2. The van der Waals surface area contributed by atoms with E-state index in [0.29, 0.717) is 18.6 Å². The molecule has 6 heteroatoms. The number of hydrogen-bond donors (Lipinski definition) is 3. The number of fused-ring (bicyclic) bond motifs is 1. The lowest BCUT2D eigenvalue weighted by molar-refractivity contribution is 0.225. The van der Waals surface area contributed by atoms with Crippen LogP contribution in [0.1, 0.15) is 22.9 Å². The summed E-state index contributed by atoms with van der Waals surface area (Å²) in [5, 5.41) is 19.0. The SMILES string of the molecule is Cc1ccc(CC(CO)n2c(=N)n(Cc3cccc(=O)[nH]3)c3ccccc32)cc1. The maximum atomic E-state index is 11.7. The van der Waals surface area contributed by atoms with Gasteiger partial charge in [0.15, 0.2) is 0 Å². The van der Waals surface area contributed by atoms with E-state index < -0.39 is 0 Å². The standard InChI is InChI=1S/C23H24N4O2/c1-16-9-11-17(12-10-16)13-19(15-28)27-21-7-3-2-6-20(21)26(23(27)24)14-18-5-4-8-22(29)25-18/h2-12,19,24,28H,13-15H2,1H3,(H,25,29). The van der Waals surface area contributed by atoms with Gasteiger partial charge in [-0.25, -0.2) is 0 Å². The molecule has 2 heterocycles. The van der Waals surface area contributed by atoms with Gasteiger partial charge in [-0.2, -0.15) is 0 Å². The Morgan fingerprint density at radius 1 is 1.00 bits per heavy atom. The van der Waals surface area contributed by atoms with Crippen LogP contribution in [0.5, 0.6) is 0 Å². The predicted molar refractivity (Wildman–Crippen MR) is 113 cm³/mol. The third kappa shape index (κ3) is 3.79. The topological polar surface area (TPSA) is 86.8 Å². The van der Waals surface area contributed by atoms with E-state index in [4.69, 9.17) is 5.41 Å². The molecule has 0 aliphatic carbocycles. The first-order valence-electron chi connectivity index (χ1n) is 9.66. The number of aryl methyl sites for hydroxylation is 1. The Labute approximate surface area is 168 Å². The van der Waals surface area contributed by atoms with Gasteiger partial charge in [0.1, 0.15) is 0 Å². The Balaban J connectivity index is 1.79. The van der Waals surface area contributed by atoms with Crippen molar-refractivity contribution in [2.45, 2.75) is 25.9 Å². The maximum absolute atomic E-state index is 11.7. The van der Waals surface area contributed by atoms with E-state index in [0.717, 1.165) is 22.3 Å². The van der Waals surface area contributed by atoms with E-state index in [2.05, 4.69) is 29.2 Å². The number of aromatic amines is 1. The van der Waals surface area contributed by atoms with Crippen LogP contribution in [0.2, 0.25) is 0 Å². The number of nitrogens with zero attached hydrogens (tertiary/aromatic N) is 2. The zero-order chi connectivity index (χ0) is 20.4. The normalized spacial score (nSPS) is 12.3. The van der Waals surface area contributed by atoms with E-state index in [-0.39, 0.29) is 18.2 Å². The van der Waals surface area contributed by atoms with Crippen LogP contribution < -0.4 is 11.2 Å². The Morgan fingerprint density at radius 2 is 1.72 bits per heavy atom. The fraction of sp³-hybridized carbons (Fsp3) is 0.217. The number of H-pyrrole nitrogens is 1. The minimum Gasteiger partial charge on any atom is -0.394 e. The third-order valence-electron chi connectivity index (χ3n) is 5.24. The molecule has 0 amide bonds. The number of pyridine rings is 1. The molecular weight excluding hydrogens is 364 g/mol. The number of para-hydroxylation sites is 2. The van der Waals surface area contributed by atoms with Crippen LogP contribution in [0.4, 0.5) is 0 Å². The first-order chi connectivity index (χ1) is 14.1. The molecule has 2 aromatic carbocycles. The van der Waals surface area contributed by atoms with Crippen LogP contribution in [0, 0.1) is 12.3 Å². The molecule has 0 aliphatic rings. The summed E-state index contributed by atoms with van der Waals surface area (Å²) in [7, 11) is 0. The summed E-state index contributed by atoms with van der Waals surface area (Å²) in [6.07, 6.45) is 0.628. The lowest BCUT2D eigenvalue weighted by Gasteiger charge is -2.17. The fourth-order valence-electron chi connectivity index (χ4n) is 3.77. The van der Waals surface area contributed by atoms with E-state index in [9.17, 15) is 9.90 Å². The molecule has 0 spiro atoms. The van der Waals surface area contributed by atoms with Crippen molar-refractivity contribution in [3.8, 4) is 0 Å². The van der Waals surface area contributed by atoms with Crippen LogP contribution in [-0.2, 0) is 13.0 Å². The number of aromatic nitrogens is 3. The number of aliphatic hydroxyl groups is 1. The lowest BCUT2D eigenvalue weighted by Crippen LogP contribution is -2.31. The highest BCUT2D eigenvalue weighted by Gasteiger charge is 2.19. The molecule has 0 radical (unpaired) electrons. The summed E-state index contributed by atoms with van der Waals surface area (Å²) in [5.41, 5.74) is 4.96. The molecule has 1 unspecified atom stereocenters. The van der Waals surface area contributed by atoms with Crippen LogP contribution in [0.3, 0.4) is 0 Å². The molecule has 0 saturated heterocycles. The van der Waals surface area contributed by atoms with Crippen molar-refractivity contribution in [3.63, 3.8) is 0 Å². The van der Waals surface area contributed by atoms with Gasteiger partial charge in [-0.05, 0) is 37.1 Å². The van der Waals surface area contributed by atoms with Crippen LogP contribution in [-0.4, -0.2) is 25.8 Å². The van der Waals surface area contributed by atoms with Crippen molar-refractivity contribution in [2.24, 2.45) is 0 Å². The second kappa shape index (κ2) is 7.93.